The smallest absolute Gasteiger partial charge is 0.139 e. The Labute approximate surface area is 117 Å². The Morgan fingerprint density at radius 2 is 2.00 bits per heavy atom. The second kappa shape index (κ2) is 5.26. The van der Waals surface area contributed by atoms with Gasteiger partial charge in [-0.15, -0.1) is 11.6 Å². The molecule has 3 atom stereocenters. The summed E-state index contributed by atoms with van der Waals surface area (Å²) in [6.07, 6.45) is 1.16. The van der Waals surface area contributed by atoms with Gasteiger partial charge in [-0.1, -0.05) is 30.1 Å². The minimum absolute atomic E-state index is 0.0503. The summed E-state index contributed by atoms with van der Waals surface area (Å²) in [5, 5.41) is 1.16. The van der Waals surface area contributed by atoms with Gasteiger partial charge in [0, 0.05) is 11.1 Å². The quantitative estimate of drug-likeness (QED) is 0.682. The van der Waals surface area contributed by atoms with E-state index in [9.17, 15) is 0 Å². The Morgan fingerprint density at radius 1 is 1.35 bits per heavy atom. The van der Waals surface area contributed by atoms with Crippen LogP contribution in [0.3, 0.4) is 0 Å². The van der Waals surface area contributed by atoms with Crippen LogP contribution in [0.1, 0.15) is 31.2 Å². The van der Waals surface area contributed by atoms with Crippen molar-refractivity contribution >= 4 is 34.8 Å². The number of ether oxygens (including phenoxy) is 1. The van der Waals surface area contributed by atoms with Gasteiger partial charge in [0.25, 0.3) is 0 Å². The zero-order valence-corrected chi connectivity index (χ0v) is 12.1. The molecule has 1 aromatic rings. The lowest BCUT2D eigenvalue weighted by molar-refractivity contribution is 0.340. The second-order valence-electron chi connectivity index (χ2n) is 4.52. The van der Waals surface area contributed by atoms with E-state index in [1.54, 1.807) is 6.07 Å². The van der Waals surface area contributed by atoms with Gasteiger partial charge >= 0.3 is 0 Å². The highest BCUT2D eigenvalue weighted by Crippen LogP contribution is 2.52. The van der Waals surface area contributed by atoms with Crippen molar-refractivity contribution in [3.05, 3.63) is 27.7 Å². The van der Waals surface area contributed by atoms with Gasteiger partial charge < -0.3 is 4.74 Å². The fourth-order valence-corrected chi connectivity index (χ4v) is 3.10. The molecular formula is C13H15Cl3O. The molecule has 0 heterocycles. The van der Waals surface area contributed by atoms with E-state index in [4.69, 9.17) is 39.5 Å². The molecule has 2 rings (SSSR count). The molecular weight excluding hydrogens is 279 g/mol. The molecule has 17 heavy (non-hydrogen) atoms. The van der Waals surface area contributed by atoms with Crippen LogP contribution in [0.5, 0.6) is 5.75 Å². The van der Waals surface area contributed by atoms with Crippen LogP contribution in [0.2, 0.25) is 10.0 Å². The normalized spacial score (nSPS) is 24.5. The van der Waals surface area contributed by atoms with E-state index in [1.807, 2.05) is 13.0 Å². The number of halogens is 3. The Balaban J connectivity index is 2.26. The first-order chi connectivity index (χ1) is 8.04. The molecule has 0 amide bonds. The van der Waals surface area contributed by atoms with E-state index in [0.717, 1.165) is 12.0 Å². The van der Waals surface area contributed by atoms with Gasteiger partial charge in [-0.25, -0.2) is 0 Å². The zero-order chi connectivity index (χ0) is 12.6. The minimum Gasteiger partial charge on any atom is -0.492 e. The molecule has 3 unspecified atom stereocenters. The van der Waals surface area contributed by atoms with Crippen molar-refractivity contribution in [2.45, 2.75) is 25.6 Å². The topological polar surface area (TPSA) is 9.23 Å². The van der Waals surface area contributed by atoms with Crippen molar-refractivity contribution in [2.75, 3.05) is 6.61 Å². The van der Waals surface area contributed by atoms with Gasteiger partial charge in [-0.2, -0.15) is 0 Å². The van der Waals surface area contributed by atoms with Crippen molar-refractivity contribution in [2.24, 2.45) is 11.8 Å². The molecule has 4 heteroatoms. The maximum absolute atomic E-state index is 6.42. The van der Waals surface area contributed by atoms with E-state index in [2.05, 4.69) is 6.92 Å². The summed E-state index contributed by atoms with van der Waals surface area (Å²) in [4.78, 5) is 0. The van der Waals surface area contributed by atoms with Crippen LogP contribution < -0.4 is 4.74 Å². The fraction of sp³-hybridized carbons (Fsp3) is 0.538. The SMILES string of the molecule is CCOc1cc(Cl)c(C(Cl)C2CC2C)cc1Cl. The maximum Gasteiger partial charge on any atom is 0.139 e. The summed E-state index contributed by atoms with van der Waals surface area (Å²) in [6.45, 7) is 4.68. The second-order valence-corrected chi connectivity index (χ2v) is 5.80. The van der Waals surface area contributed by atoms with Crippen LogP contribution in [0.15, 0.2) is 12.1 Å². The summed E-state index contributed by atoms with van der Waals surface area (Å²) in [6, 6.07) is 3.59. The van der Waals surface area contributed by atoms with Crippen LogP contribution in [-0.4, -0.2) is 6.61 Å². The van der Waals surface area contributed by atoms with Crippen molar-refractivity contribution in [3.63, 3.8) is 0 Å². The molecule has 0 saturated heterocycles. The predicted octanol–water partition coefficient (Wildman–Crippen LogP) is 5.33. The average Bonchev–Trinajstić information content (AvgIpc) is 3.00. The van der Waals surface area contributed by atoms with Crippen LogP contribution in [0.25, 0.3) is 0 Å². The molecule has 0 bridgehead atoms. The maximum atomic E-state index is 6.42. The molecule has 0 spiro atoms. The molecule has 0 radical (unpaired) electrons. The van der Waals surface area contributed by atoms with Gasteiger partial charge in [-0.3, -0.25) is 0 Å². The number of alkyl halides is 1. The molecule has 1 aliphatic rings. The highest BCUT2D eigenvalue weighted by molar-refractivity contribution is 6.35. The molecule has 1 saturated carbocycles. The molecule has 0 N–H and O–H groups in total. The Morgan fingerprint density at radius 3 is 2.53 bits per heavy atom. The first kappa shape index (κ1) is 13.3. The number of hydrogen-bond acceptors (Lipinski definition) is 1. The van der Waals surface area contributed by atoms with Crippen LogP contribution in [0, 0.1) is 11.8 Å². The third-order valence-corrected chi connectivity index (χ3v) is 4.38. The Bertz CT molecular complexity index is 419. The van der Waals surface area contributed by atoms with Crippen molar-refractivity contribution in [1.82, 2.24) is 0 Å². The first-order valence-electron chi connectivity index (χ1n) is 5.80. The van der Waals surface area contributed by atoms with Gasteiger partial charge in [0.15, 0.2) is 0 Å². The summed E-state index contributed by atoms with van der Waals surface area (Å²) >= 11 is 18.8. The third-order valence-electron chi connectivity index (χ3n) is 3.20. The molecule has 1 aliphatic carbocycles. The molecule has 1 fully saturated rings. The highest BCUT2D eigenvalue weighted by Gasteiger charge is 2.40. The predicted molar refractivity (Wildman–Crippen MR) is 73.5 cm³/mol. The number of benzene rings is 1. The lowest BCUT2D eigenvalue weighted by atomic mass is 10.1. The third kappa shape index (κ3) is 2.83. The standard InChI is InChI=1S/C13H15Cl3O/c1-3-17-12-6-10(14)9(5-11(12)15)13(16)8-4-7(8)2/h5-8,13H,3-4H2,1-2H3. The van der Waals surface area contributed by atoms with Crippen molar-refractivity contribution in [1.29, 1.82) is 0 Å². The van der Waals surface area contributed by atoms with Crippen LogP contribution >= 0.6 is 34.8 Å². The van der Waals surface area contributed by atoms with E-state index >= 15 is 0 Å². The fourth-order valence-electron chi connectivity index (χ4n) is 2.01. The monoisotopic (exact) mass is 292 g/mol. The highest BCUT2D eigenvalue weighted by atomic mass is 35.5. The summed E-state index contributed by atoms with van der Waals surface area (Å²) in [7, 11) is 0. The van der Waals surface area contributed by atoms with E-state index in [1.165, 1.54) is 0 Å². The molecule has 94 valence electrons. The van der Waals surface area contributed by atoms with Gasteiger partial charge in [0.1, 0.15) is 5.75 Å². The first-order valence-corrected chi connectivity index (χ1v) is 6.99. The summed E-state index contributed by atoms with van der Waals surface area (Å²) in [5.41, 5.74) is 0.913. The molecule has 1 aromatic carbocycles. The van der Waals surface area contributed by atoms with Gasteiger partial charge in [0.05, 0.1) is 17.0 Å². The molecule has 1 nitrogen and oxygen atoms in total. The van der Waals surface area contributed by atoms with Crippen LogP contribution in [-0.2, 0) is 0 Å². The number of hydrogen-bond donors (Lipinski definition) is 0. The largest absolute Gasteiger partial charge is 0.492 e. The van der Waals surface area contributed by atoms with Crippen molar-refractivity contribution in [3.8, 4) is 5.75 Å². The summed E-state index contributed by atoms with van der Waals surface area (Å²) in [5.74, 6) is 1.82. The molecule has 0 aliphatic heterocycles. The van der Waals surface area contributed by atoms with E-state index in [0.29, 0.717) is 34.2 Å². The minimum atomic E-state index is -0.0503. The van der Waals surface area contributed by atoms with Crippen LogP contribution in [0.4, 0.5) is 0 Å². The molecule has 0 aromatic heterocycles. The van der Waals surface area contributed by atoms with Crippen molar-refractivity contribution < 1.29 is 4.74 Å². The number of rotatable bonds is 4. The lowest BCUT2D eigenvalue weighted by Gasteiger charge is -2.14. The van der Waals surface area contributed by atoms with E-state index in [-0.39, 0.29) is 5.38 Å². The zero-order valence-electron chi connectivity index (χ0n) is 9.84. The summed E-state index contributed by atoms with van der Waals surface area (Å²) < 4.78 is 5.39. The lowest BCUT2D eigenvalue weighted by Crippen LogP contribution is -1.98. The Hall–Kier alpha value is -0.110. The van der Waals surface area contributed by atoms with Gasteiger partial charge in [0.2, 0.25) is 0 Å². The average molecular weight is 294 g/mol. The Kier molecular flexibility index (Phi) is 4.12. The van der Waals surface area contributed by atoms with Gasteiger partial charge in [-0.05, 0) is 36.8 Å². The van der Waals surface area contributed by atoms with E-state index < -0.39 is 0 Å².